The van der Waals surface area contributed by atoms with Gasteiger partial charge in [-0.2, -0.15) is 8.78 Å². The van der Waals surface area contributed by atoms with Crippen molar-refractivity contribution in [2.75, 3.05) is 39.4 Å². The first-order valence-electron chi connectivity index (χ1n) is 6.95. The smallest absolute Gasteiger partial charge is 0.409 e. The van der Waals surface area contributed by atoms with E-state index < -0.39 is 6.61 Å². The second-order valence-electron chi connectivity index (χ2n) is 4.55. The predicted octanol–water partition coefficient (Wildman–Crippen LogP) is 1.71. The van der Waals surface area contributed by atoms with E-state index in [-0.39, 0.29) is 25.1 Å². The Balaban J connectivity index is 1.68. The third kappa shape index (κ3) is 5.36. The molecule has 22 heavy (non-hydrogen) atoms. The van der Waals surface area contributed by atoms with Crippen molar-refractivity contribution in [2.45, 2.75) is 6.61 Å². The fraction of sp³-hybridized carbons (Fsp3) is 0.500. The van der Waals surface area contributed by atoms with Crippen LogP contribution in [0.2, 0.25) is 0 Å². The van der Waals surface area contributed by atoms with Crippen molar-refractivity contribution in [2.24, 2.45) is 0 Å². The van der Waals surface area contributed by atoms with E-state index in [4.69, 9.17) is 9.47 Å². The molecule has 1 N–H and O–H groups in total. The summed E-state index contributed by atoms with van der Waals surface area (Å²) in [6, 6.07) is 5.91. The van der Waals surface area contributed by atoms with Crippen LogP contribution in [0.25, 0.3) is 0 Å². The minimum atomic E-state index is -2.88. The van der Waals surface area contributed by atoms with Gasteiger partial charge in [-0.1, -0.05) is 6.07 Å². The highest BCUT2D eigenvalue weighted by atomic mass is 19.3. The molecule has 1 aromatic carbocycles. The first-order chi connectivity index (χ1) is 10.6. The van der Waals surface area contributed by atoms with E-state index in [1.807, 2.05) is 0 Å². The third-order valence-corrected chi connectivity index (χ3v) is 2.98. The summed E-state index contributed by atoms with van der Waals surface area (Å²) in [5.74, 6) is 0.390. The number of amides is 1. The van der Waals surface area contributed by atoms with Crippen molar-refractivity contribution in [3.63, 3.8) is 0 Å². The Morgan fingerprint density at radius 2 is 1.95 bits per heavy atom. The normalized spacial score (nSPS) is 14.8. The van der Waals surface area contributed by atoms with Crippen molar-refractivity contribution >= 4 is 6.09 Å². The molecule has 1 amide bonds. The molecule has 6 nitrogen and oxygen atoms in total. The van der Waals surface area contributed by atoms with Crippen LogP contribution in [0.15, 0.2) is 24.3 Å². The quantitative estimate of drug-likeness (QED) is 0.810. The number of hydrogen-bond donors (Lipinski definition) is 1. The lowest BCUT2D eigenvalue weighted by molar-refractivity contribution is -0.0499. The van der Waals surface area contributed by atoms with Gasteiger partial charge in [0.05, 0.1) is 0 Å². The number of alkyl halides is 2. The standard InChI is InChI=1S/C14H18F2N2O4/c15-13(16)22-12-3-1-2-11(10-12)20-8-9-21-14(19)18-6-4-17-5-7-18/h1-3,10,13,17H,4-9H2. The number of nitrogens with one attached hydrogen (secondary N) is 1. The number of benzene rings is 1. The van der Waals surface area contributed by atoms with Crippen LogP contribution in [0.1, 0.15) is 0 Å². The van der Waals surface area contributed by atoms with E-state index in [9.17, 15) is 13.6 Å². The van der Waals surface area contributed by atoms with E-state index in [1.165, 1.54) is 12.1 Å². The second kappa shape index (κ2) is 8.38. The van der Waals surface area contributed by atoms with Gasteiger partial charge in [0, 0.05) is 32.2 Å². The molecule has 0 radical (unpaired) electrons. The molecule has 1 aliphatic rings. The van der Waals surface area contributed by atoms with Gasteiger partial charge in [-0.05, 0) is 12.1 Å². The van der Waals surface area contributed by atoms with Crippen LogP contribution < -0.4 is 14.8 Å². The van der Waals surface area contributed by atoms with E-state index >= 15 is 0 Å². The predicted molar refractivity (Wildman–Crippen MR) is 74.4 cm³/mol. The SMILES string of the molecule is O=C(OCCOc1cccc(OC(F)F)c1)N1CCNCC1. The molecule has 0 atom stereocenters. The summed E-state index contributed by atoms with van der Waals surface area (Å²) in [5, 5.41) is 3.14. The topological polar surface area (TPSA) is 60.0 Å². The number of nitrogens with zero attached hydrogens (tertiary/aromatic N) is 1. The van der Waals surface area contributed by atoms with Crippen molar-refractivity contribution in [1.82, 2.24) is 10.2 Å². The van der Waals surface area contributed by atoms with Gasteiger partial charge in [0.25, 0.3) is 0 Å². The van der Waals surface area contributed by atoms with Crippen LogP contribution in [0, 0.1) is 0 Å². The van der Waals surface area contributed by atoms with Gasteiger partial charge in [-0.15, -0.1) is 0 Å². The van der Waals surface area contributed by atoms with Gasteiger partial charge in [0.15, 0.2) is 0 Å². The zero-order valence-electron chi connectivity index (χ0n) is 12.0. The highest BCUT2D eigenvalue weighted by molar-refractivity contribution is 5.67. The molecule has 0 aromatic heterocycles. The summed E-state index contributed by atoms with van der Waals surface area (Å²) in [5.41, 5.74) is 0. The number of piperazine rings is 1. The molecular formula is C14H18F2N2O4. The number of hydrogen-bond acceptors (Lipinski definition) is 5. The summed E-state index contributed by atoms with van der Waals surface area (Å²) < 4.78 is 38.9. The van der Waals surface area contributed by atoms with Gasteiger partial charge in [0.2, 0.25) is 0 Å². The summed E-state index contributed by atoms with van der Waals surface area (Å²) in [7, 11) is 0. The van der Waals surface area contributed by atoms with Crippen molar-refractivity contribution in [3.8, 4) is 11.5 Å². The van der Waals surface area contributed by atoms with Crippen LogP contribution in [0.5, 0.6) is 11.5 Å². The molecule has 1 fully saturated rings. The summed E-state index contributed by atoms with van der Waals surface area (Å²) in [6.07, 6.45) is -0.375. The van der Waals surface area contributed by atoms with Crippen LogP contribution in [-0.4, -0.2) is 57.0 Å². The minimum absolute atomic E-state index is 0.0188. The fourth-order valence-electron chi connectivity index (χ4n) is 1.97. The Bertz CT molecular complexity index is 482. The monoisotopic (exact) mass is 316 g/mol. The van der Waals surface area contributed by atoms with Crippen molar-refractivity contribution in [1.29, 1.82) is 0 Å². The van der Waals surface area contributed by atoms with Gasteiger partial charge in [-0.3, -0.25) is 0 Å². The average Bonchev–Trinajstić information content (AvgIpc) is 2.52. The highest BCUT2D eigenvalue weighted by Gasteiger charge is 2.17. The Hall–Kier alpha value is -2.09. The molecule has 1 heterocycles. The number of carbonyl (C=O) groups is 1. The zero-order valence-corrected chi connectivity index (χ0v) is 12.0. The average molecular weight is 316 g/mol. The zero-order chi connectivity index (χ0) is 15.8. The van der Waals surface area contributed by atoms with Crippen LogP contribution in [-0.2, 0) is 4.74 Å². The maximum Gasteiger partial charge on any atom is 0.409 e. The summed E-state index contributed by atoms with van der Waals surface area (Å²) in [4.78, 5) is 13.3. The molecule has 1 saturated heterocycles. The molecule has 2 rings (SSSR count). The maximum atomic E-state index is 12.1. The molecule has 0 spiro atoms. The molecule has 8 heteroatoms. The molecule has 0 saturated carbocycles. The van der Waals surface area contributed by atoms with Crippen LogP contribution in [0.3, 0.4) is 0 Å². The Labute approximate surface area is 126 Å². The summed E-state index contributed by atoms with van der Waals surface area (Å²) >= 11 is 0. The number of ether oxygens (including phenoxy) is 3. The molecule has 0 unspecified atom stereocenters. The van der Waals surface area contributed by atoms with Crippen LogP contribution in [0.4, 0.5) is 13.6 Å². The first-order valence-corrected chi connectivity index (χ1v) is 6.95. The molecule has 0 bridgehead atoms. The van der Waals surface area contributed by atoms with Gasteiger partial charge in [0.1, 0.15) is 24.7 Å². The molecule has 122 valence electrons. The molecule has 0 aliphatic carbocycles. The molecular weight excluding hydrogens is 298 g/mol. The molecule has 1 aliphatic heterocycles. The number of rotatable bonds is 6. The lowest BCUT2D eigenvalue weighted by atomic mass is 10.3. The lowest BCUT2D eigenvalue weighted by Crippen LogP contribution is -2.46. The fourth-order valence-corrected chi connectivity index (χ4v) is 1.97. The third-order valence-electron chi connectivity index (χ3n) is 2.98. The second-order valence-corrected chi connectivity index (χ2v) is 4.55. The largest absolute Gasteiger partial charge is 0.490 e. The Morgan fingerprint density at radius 1 is 1.23 bits per heavy atom. The minimum Gasteiger partial charge on any atom is -0.490 e. The van der Waals surface area contributed by atoms with E-state index in [1.54, 1.807) is 17.0 Å². The maximum absolute atomic E-state index is 12.1. The molecule has 1 aromatic rings. The highest BCUT2D eigenvalue weighted by Crippen LogP contribution is 2.20. The number of halogens is 2. The van der Waals surface area contributed by atoms with Crippen LogP contribution >= 0.6 is 0 Å². The van der Waals surface area contributed by atoms with E-state index in [0.29, 0.717) is 18.8 Å². The van der Waals surface area contributed by atoms with Gasteiger partial charge in [-0.25, -0.2) is 4.79 Å². The van der Waals surface area contributed by atoms with E-state index in [2.05, 4.69) is 10.1 Å². The lowest BCUT2D eigenvalue weighted by Gasteiger charge is -2.26. The van der Waals surface area contributed by atoms with Crippen molar-refractivity contribution in [3.05, 3.63) is 24.3 Å². The summed E-state index contributed by atoms with van der Waals surface area (Å²) in [6.45, 7) is 0.0820. The van der Waals surface area contributed by atoms with Crippen molar-refractivity contribution < 1.29 is 27.8 Å². The Morgan fingerprint density at radius 3 is 2.68 bits per heavy atom. The first kappa shape index (κ1) is 16.3. The van der Waals surface area contributed by atoms with Gasteiger partial charge >= 0.3 is 12.7 Å². The Kier molecular flexibility index (Phi) is 6.20. The van der Waals surface area contributed by atoms with E-state index in [0.717, 1.165) is 13.1 Å². The van der Waals surface area contributed by atoms with Gasteiger partial charge < -0.3 is 24.4 Å². The number of carbonyl (C=O) groups excluding carboxylic acids is 1.